The third-order valence-corrected chi connectivity index (χ3v) is 5.32. The van der Waals surface area contributed by atoms with Crippen molar-refractivity contribution in [1.82, 2.24) is 4.90 Å². The van der Waals surface area contributed by atoms with Gasteiger partial charge in [-0.3, -0.25) is 4.79 Å². The van der Waals surface area contributed by atoms with Gasteiger partial charge in [0.1, 0.15) is 0 Å². The second-order valence-corrected chi connectivity index (χ2v) is 6.00. The first-order chi connectivity index (χ1) is 7.08. The molecule has 0 spiro atoms. The fourth-order valence-electron chi connectivity index (χ4n) is 2.85. The molecule has 86 valence electrons. The molecule has 2 rings (SSSR count). The molecule has 1 saturated heterocycles. The lowest BCUT2D eigenvalue weighted by Gasteiger charge is -2.44. The molecule has 1 saturated carbocycles. The van der Waals surface area contributed by atoms with Crippen molar-refractivity contribution in [2.45, 2.75) is 45.6 Å². The van der Waals surface area contributed by atoms with Crippen LogP contribution in [0.1, 0.15) is 39.5 Å². The van der Waals surface area contributed by atoms with E-state index in [1.165, 1.54) is 19.3 Å². The highest BCUT2D eigenvalue weighted by Crippen LogP contribution is 2.44. The lowest BCUT2D eigenvalue weighted by atomic mass is 9.70. The monoisotopic (exact) mass is 273 g/mol. The number of rotatable bonds is 3. The molecule has 15 heavy (non-hydrogen) atoms. The molecule has 1 heterocycles. The van der Waals surface area contributed by atoms with Gasteiger partial charge in [-0.25, -0.2) is 0 Å². The molecule has 0 N–H and O–H groups in total. The number of amides is 1. The predicted molar refractivity (Wildman–Crippen MR) is 65.0 cm³/mol. The molecule has 1 aliphatic heterocycles. The van der Waals surface area contributed by atoms with Crippen LogP contribution in [0.15, 0.2) is 0 Å². The minimum Gasteiger partial charge on any atom is -0.339 e. The molecule has 0 aromatic carbocycles. The van der Waals surface area contributed by atoms with E-state index in [0.717, 1.165) is 18.3 Å². The van der Waals surface area contributed by atoms with Crippen LogP contribution in [0.5, 0.6) is 0 Å². The second kappa shape index (κ2) is 4.08. The van der Waals surface area contributed by atoms with Gasteiger partial charge in [0.05, 0.1) is 0 Å². The third kappa shape index (κ3) is 1.95. The quantitative estimate of drug-likeness (QED) is 0.725. The molecule has 0 bridgehead atoms. The molecule has 2 fully saturated rings. The van der Waals surface area contributed by atoms with Gasteiger partial charge in [0.2, 0.25) is 5.91 Å². The Kier molecular flexibility index (Phi) is 3.11. The van der Waals surface area contributed by atoms with Crippen molar-refractivity contribution >= 4 is 21.8 Å². The zero-order valence-electron chi connectivity index (χ0n) is 9.63. The average molecular weight is 274 g/mol. The highest BCUT2D eigenvalue weighted by Gasteiger charge is 2.43. The van der Waals surface area contributed by atoms with Gasteiger partial charge < -0.3 is 4.90 Å². The van der Waals surface area contributed by atoms with E-state index in [4.69, 9.17) is 0 Å². The van der Waals surface area contributed by atoms with Gasteiger partial charge in [0, 0.05) is 23.8 Å². The van der Waals surface area contributed by atoms with E-state index >= 15 is 0 Å². The summed E-state index contributed by atoms with van der Waals surface area (Å²) < 4.78 is 0. The van der Waals surface area contributed by atoms with Crippen LogP contribution in [0.2, 0.25) is 0 Å². The molecular formula is C12H20BrNO. The number of carbonyl (C=O) groups excluding carboxylic acids is 1. The maximum atomic E-state index is 12.0. The van der Waals surface area contributed by atoms with E-state index in [1.807, 2.05) is 0 Å². The number of likely N-dealkylation sites (tertiary alicyclic amines) is 1. The Bertz CT molecular complexity index is 257. The lowest BCUT2D eigenvalue weighted by molar-refractivity contribution is -0.133. The number of hydrogen-bond acceptors (Lipinski definition) is 1. The molecule has 3 heteroatoms. The smallest absolute Gasteiger partial charge is 0.225 e. The zero-order chi connectivity index (χ0) is 11.1. The SMILES string of the molecule is CC1CC(C)N(CC2(CBr)CCC2)C1=O. The first kappa shape index (κ1) is 11.4. The minimum atomic E-state index is 0.243. The van der Waals surface area contributed by atoms with E-state index in [0.29, 0.717) is 17.4 Å². The van der Waals surface area contributed by atoms with Crippen molar-refractivity contribution in [2.75, 3.05) is 11.9 Å². The summed E-state index contributed by atoms with van der Waals surface area (Å²) in [5, 5.41) is 1.05. The molecule has 1 amide bonds. The van der Waals surface area contributed by atoms with Crippen molar-refractivity contribution in [3.8, 4) is 0 Å². The lowest BCUT2D eigenvalue weighted by Crippen LogP contribution is -2.46. The van der Waals surface area contributed by atoms with E-state index in [1.54, 1.807) is 0 Å². The largest absolute Gasteiger partial charge is 0.339 e. The van der Waals surface area contributed by atoms with Crippen LogP contribution >= 0.6 is 15.9 Å². The number of carbonyl (C=O) groups is 1. The summed E-state index contributed by atoms with van der Waals surface area (Å²) in [6.45, 7) is 5.21. The third-order valence-electron chi connectivity index (χ3n) is 4.13. The van der Waals surface area contributed by atoms with Crippen LogP contribution in [0, 0.1) is 11.3 Å². The maximum Gasteiger partial charge on any atom is 0.225 e. The van der Waals surface area contributed by atoms with Gasteiger partial charge in [0.25, 0.3) is 0 Å². The highest BCUT2D eigenvalue weighted by atomic mass is 79.9. The topological polar surface area (TPSA) is 20.3 Å². The molecule has 2 atom stereocenters. The van der Waals surface area contributed by atoms with Gasteiger partial charge >= 0.3 is 0 Å². The summed E-state index contributed by atoms with van der Waals surface area (Å²) >= 11 is 3.61. The van der Waals surface area contributed by atoms with Crippen LogP contribution in [0.4, 0.5) is 0 Å². The summed E-state index contributed by atoms with van der Waals surface area (Å²) in [7, 11) is 0. The Morgan fingerprint density at radius 1 is 1.47 bits per heavy atom. The van der Waals surface area contributed by atoms with Crippen molar-refractivity contribution in [3.63, 3.8) is 0 Å². The Balaban J connectivity index is 2.02. The molecule has 1 aliphatic carbocycles. The van der Waals surface area contributed by atoms with Crippen molar-refractivity contribution in [2.24, 2.45) is 11.3 Å². The fraction of sp³-hybridized carbons (Fsp3) is 0.917. The average Bonchev–Trinajstić information content (AvgIpc) is 2.37. The van der Waals surface area contributed by atoms with Gasteiger partial charge in [0.15, 0.2) is 0 Å². The Morgan fingerprint density at radius 3 is 2.47 bits per heavy atom. The first-order valence-electron chi connectivity index (χ1n) is 5.94. The van der Waals surface area contributed by atoms with Crippen LogP contribution in [-0.4, -0.2) is 28.7 Å². The molecule has 0 radical (unpaired) electrons. The Hall–Kier alpha value is -0.0500. The van der Waals surface area contributed by atoms with E-state index in [9.17, 15) is 4.79 Å². The summed E-state index contributed by atoms with van der Waals surface area (Å²) in [6, 6.07) is 0.448. The molecule has 0 aromatic heterocycles. The fourth-order valence-corrected chi connectivity index (χ4v) is 3.58. The second-order valence-electron chi connectivity index (χ2n) is 5.44. The first-order valence-corrected chi connectivity index (χ1v) is 7.06. The number of nitrogens with zero attached hydrogens (tertiary/aromatic N) is 1. The maximum absolute atomic E-state index is 12.0. The molecule has 2 nitrogen and oxygen atoms in total. The number of alkyl halides is 1. The molecule has 2 unspecified atom stereocenters. The van der Waals surface area contributed by atoms with Gasteiger partial charge in [-0.1, -0.05) is 29.3 Å². The summed E-state index contributed by atoms with van der Waals surface area (Å²) in [5.74, 6) is 0.613. The van der Waals surface area contributed by atoms with Crippen LogP contribution in [0.3, 0.4) is 0 Å². The Labute approximate surface area is 101 Å². The Morgan fingerprint density at radius 2 is 2.13 bits per heavy atom. The normalized spacial score (nSPS) is 34.3. The number of hydrogen-bond donors (Lipinski definition) is 0. The number of halogens is 1. The molecule has 0 aromatic rings. The molecule has 2 aliphatic rings. The van der Waals surface area contributed by atoms with Gasteiger partial charge in [-0.05, 0) is 31.6 Å². The van der Waals surface area contributed by atoms with Crippen molar-refractivity contribution in [3.05, 3.63) is 0 Å². The van der Waals surface area contributed by atoms with Gasteiger partial charge in [-0.15, -0.1) is 0 Å². The van der Waals surface area contributed by atoms with Crippen molar-refractivity contribution in [1.29, 1.82) is 0 Å². The minimum absolute atomic E-state index is 0.243. The summed E-state index contributed by atoms with van der Waals surface area (Å²) in [6.07, 6.45) is 4.93. The van der Waals surface area contributed by atoms with Gasteiger partial charge in [-0.2, -0.15) is 0 Å². The predicted octanol–water partition coefficient (Wildman–Crippen LogP) is 2.81. The summed E-state index contributed by atoms with van der Waals surface area (Å²) in [5.41, 5.74) is 0.397. The van der Waals surface area contributed by atoms with E-state index < -0.39 is 0 Å². The molecular weight excluding hydrogens is 254 g/mol. The standard InChI is InChI=1S/C12H20BrNO/c1-9-6-10(2)14(11(9)15)8-12(7-13)4-3-5-12/h9-10H,3-8H2,1-2H3. The van der Waals surface area contributed by atoms with Crippen molar-refractivity contribution < 1.29 is 4.79 Å². The van der Waals surface area contributed by atoms with E-state index in [-0.39, 0.29) is 5.92 Å². The zero-order valence-corrected chi connectivity index (χ0v) is 11.2. The van der Waals surface area contributed by atoms with Crippen LogP contribution in [-0.2, 0) is 4.79 Å². The van der Waals surface area contributed by atoms with Crippen LogP contribution in [0.25, 0.3) is 0 Å². The van der Waals surface area contributed by atoms with Crippen LogP contribution < -0.4 is 0 Å². The summed E-state index contributed by atoms with van der Waals surface area (Å²) in [4.78, 5) is 14.1. The highest BCUT2D eigenvalue weighted by molar-refractivity contribution is 9.09. The van der Waals surface area contributed by atoms with E-state index in [2.05, 4.69) is 34.7 Å².